The summed E-state index contributed by atoms with van der Waals surface area (Å²) in [6.07, 6.45) is -3.26. The third-order valence-corrected chi connectivity index (χ3v) is 6.74. The minimum atomic E-state index is -4.53. The van der Waals surface area contributed by atoms with Crippen LogP contribution in [0.5, 0.6) is 5.88 Å². The Morgan fingerprint density at radius 2 is 2.08 bits per heavy atom. The van der Waals surface area contributed by atoms with E-state index in [1.807, 2.05) is 0 Å². The van der Waals surface area contributed by atoms with Crippen molar-refractivity contribution in [2.24, 2.45) is 12.5 Å². The van der Waals surface area contributed by atoms with Gasteiger partial charge in [0.25, 0.3) is 5.91 Å². The lowest BCUT2D eigenvalue weighted by molar-refractivity contribution is -0.174. The molecule has 196 valence electrons. The van der Waals surface area contributed by atoms with Gasteiger partial charge in [0.15, 0.2) is 12.4 Å². The van der Waals surface area contributed by atoms with Crippen LogP contribution < -0.4 is 15.4 Å². The number of rotatable bonds is 8. The van der Waals surface area contributed by atoms with E-state index in [-0.39, 0.29) is 41.6 Å². The number of H-pyrrole nitrogens is 1. The minimum Gasteiger partial charge on any atom is -0.467 e. The maximum atomic E-state index is 12.5. The molecule has 3 heterocycles. The zero-order valence-corrected chi connectivity index (χ0v) is 19.2. The van der Waals surface area contributed by atoms with Crippen molar-refractivity contribution in [3.05, 3.63) is 23.5 Å². The molecule has 1 saturated heterocycles. The average Bonchev–Trinajstić information content (AvgIpc) is 3.47. The van der Waals surface area contributed by atoms with Gasteiger partial charge in [-0.05, 0) is 19.3 Å². The Balaban J connectivity index is 1.10. The van der Waals surface area contributed by atoms with Gasteiger partial charge in [0.2, 0.25) is 5.88 Å². The van der Waals surface area contributed by atoms with Gasteiger partial charge in [-0.1, -0.05) is 0 Å². The number of carbonyl (C=O) groups is 2. The van der Waals surface area contributed by atoms with Crippen molar-refractivity contribution in [2.45, 2.75) is 49.6 Å². The third-order valence-electron chi connectivity index (χ3n) is 6.74. The number of alkyl halides is 3. The van der Waals surface area contributed by atoms with E-state index in [0.29, 0.717) is 12.1 Å². The molecule has 2 amide bonds. The summed E-state index contributed by atoms with van der Waals surface area (Å²) in [6, 6.07) is 2.65. The zero-order valence-electron chi connectivity index (χ0n) is 19.2. The van der Waals surface area contributed by atoms with Crippen LogP contribution in [-0.2, 0) is 16.5 Å². The molecule has 4 N–H and O–H groups in total. The molecule has 4 fully saturated rings. The molecule has 2 bridgehead atoms. The normalized spacial score (nSPS) is 28.7. The van der Waals surface area contributed by atoms with Crippen LogP contribution in [0.25, 0.3) is 0 Å². The number of aliphatic hydroxyl groups is 1. The molecule has 6 rings (SSSR count). The molecule has 1 aliphatic heterocycles. The predicted molar refractivity (Wildman–Crippen MR) is 114 cm³/mol. The Hall–Kier alpha value is -3.33. The molecule has 0 radical (unpaired) electrons. The number of aryl methyl sites for hydroxylation is 1. The van der Waals surface area contributed by atoms with E-state index >= 15 is 0 Å². The summed E-state index contributed by atoms with van der Waals surface area (Å²) < 4.78 is 53.8. The molecule has 2 aromatic rings. The molecular weight excluding hydrogens is 489 g/mol. The lowest BCUT2D eigenvalue weighted by Gasteiger charge is -2.69. The number of amides is 2. The van der Waals surface area contributed by atoms with E-state index in [1.54, 1.807) is 6.07 Å². The highest BCUT2D eigenvalue weighted by molar-refractivity contribution is 6.02. The fraction of sp³-hybridized carbons (Fsp3) is 0.619. The van der Waals surface area contributed by atoms with E-state index in [2.05, 4.69) is 30.7 Å². The SMILES string of the molecule is Cn1nc(OCC(F)(F)F)cc1C(=O)Nc1cc([C@H]2C[C@@H](OC(=O)NC34CC(CO)(C3)C4)CO2)[nH]n1. The Labute approximate surface area is 202 Å². The summed E-state index contributed by atoms with van der Waals surface area (Å²) in [5.41, 5.74) is 0.249. The molecule has 2 atom stereocenters. The topological polar surface area (TPSA) is 153 Å². The number of nitrogens with zero attached hydrogens (tertiary/aromatic N) is 3. The summed E-state index contributed by atoms with van der Waals surface area (Å²) in [7, 11) is 1.40. The predicted octanol–water partition coefficient (Wildman–Crippen LogP) is 1.81. The summed E-state index contributed by atoms with van der Waals surface area (Å²) >= 11 is 0. The molecule has 12 nitrogen and oxygen atoms in total. The average molecular weight is 514 g/mol. The number of alkyl carbamates (subject to hydrolysis) is 1. The van der Waals surface area contributed by atoms with Crippen molar-refractivity contribution in [3.8, 4) is 5.88 Å². The highest BCUT2D eigenvalue weighted by Gasteiger charge is 2.68. The van der Waals surface area contributed by atoms with Crippen molar-refractivity contribution in [3.63, 3.8) is 0 Å². The first-order valence-corrected chi connectivity index (χ1v) is 11.3. The van der Waals surface area contributed by atoms with Gasteiger partial charge in [0.1, 0.15) is 17.9 Å². The quantitative estimate of drug-likeness (QED) is 0.416. The molecule has 15 heteroatoms. The van der Waals surface area contributed by atoms with E-state index in [1.165, 1.54) is 7.05 Å². The van der Waals surface area contributed by atoms with Gasteiger partial charge in [0.05, 0.1) is 12.3 Å². The maximum Gasteiger partial charge on any atom is 0.422 e. The van der Waals surface area contributed by atoms with Crippen LogP contribution in [0, 0.1) is 5.41 Å². The van der Waals surface area contributed by atoms with Gasteiger partial charge in [-0.15, -0.1) is 5.10 Å². The number of ether oxygens (including phenoxy) is 3. The van der Waals surface area contributed by atoms with Crippen molar-refractivity contribution in [1.29, 1.82) is 0 Å². The van der Waals surface area contributed by atoms with Gasteiger partial charge in [-0.3, -0.25) is 14.6 Å². The molecule has 0 unspecified atom stereocenters. The van der Waals surface area contributed by atoms with Crippen molar-refractivity contribution < 1.29 is 42.1 Å². The summed E-state index contributed by atoms with van der Waals surface area (Å²) in [6.45, 7) is -1.19. The molecular formula is C21H25F3N6O6. The number of carbonyl (C=O) groups excluding carboxylic acids is 2. The maximum absolute atomic E-state index is 12.5. The Kier molecular flexibility index (Phi) is 5.86. The van der Waals surface area contributed by atoms with Gasteiger partial charge in [-0.25, -0.2) is 4.79 Å². The number of anilines is 1. The minimum absolute atomic E-state index is 0.0253. The molecule has 0 spiro atoms. The van der Waals surface area contributed by atoms with Crippen LogP contribution in [0.1, 0.15) is 48.0 Å². The van der Waals surface area contributed by atoms with E-state index < -0.39 is 37.0 Å². The number of aliphatic hydroxyl groups excluding tert-OH is 1. The number of aromatic amines is 1. The summed E-state index contributed by atoms with van der Waals surface area (Å²) in [5, 5.41) is 25.3. The highest BCUT2D eigenvalue weighted by Crippen LogP contribution is 2.66. The molecule has 2 aromatic heterocycles. The number of hydrogen-bond donors (Lipinski definition) is 4. The standard InChI is InChI=1S/C21H25F3N6O6/c1-30-13(4-16(29-30)35-10-21(22,23)24)17(32)25-15-3-12(27-28-15)14-2-11(5-34-14)36-18(33)26-20-6-19(7-20,8-20)9-31/h3-4,11,14,31H,2,5-10H2,1H3,(H,26,33)(H2,25,27,28,32)/t11-,14-,19?,20?/m1/s1. The fourth-order valence-electron chi connectivity index (χ4n) is 5.22. The second-order valence-electron chi connectivity index (χ2n) is 9.74. The largest absolute Gasteiger partial charge is 0.467 e. The van der Waals surface area contributed by atoms with E-state index in [4.69, 9.17) is 9.47 Å². The Bertz CT molecular complexity index is 1140. The second kappa shape index (κ2) is 8.65. The van der Waals surface area contributed by atoms with Crippen LogP contribution in [0.15, 0.2) is 12.1 Å². The Morgan fingerprint density at radius 3 is 2.78 bits per heavy atom. The molecule has 3 aliphatic carbocycles. The molecule has 36 heavy (non-hydrogen) atoms. The van der Waals surface area contributed by atoms with E-state index in [0.717, 1.165) is 30.0 Å². The van der Waals surface area contributed by atoms with Crippen LogP contribution >= 0.6 is 0 Å². The first-order chi connectivity index (χ1) is 17.0. The smallest absolute Gasteiger partial charge is 0.422 e. The lowest BCUT2D eigenvalue weighted by atomic mass is 9.40. The third kappa shape index (κ3) is 4.84. The van der Waals surface area contributed by atoms with Crippen LogP contribution in [-0.4, -0.2) is 74.7 Å². The highest BCUT2D eigenvalue weighted by atomic mass is 19.4. The first-order valence-electron chi connectivity index (χ1n) is 11.3. The lowest BCUT2D eigenvalue weighted by Crippen LogP contribution is -2.75. The van der Waals surface area contributed by atoms with Crippen LogP contribution in [0.4, 0.5) is 23.8 Å². The first kappa shape index (κ1) is 24.4. The number of halogens is 3. The number of hydrogen-bond acceptors (Lipinski definition) is 8. The van der Waals surface area contributed by atoms with Crippen LogP contribution in [0.3, 0.4) is 0 Å². The molecule has 0 aromatic carbocycles. The van der Waals surface area contributed by atoms with Gasteiger partial charge < -0.3 is 30.0 Å². The summed E-state index contributed by atoms with van der Waals surface area (Å²) in [5.74, 6) is -0.813. The number of aromatic nitrogens is 4. The number of nitrogens with one attached hydrogen (secondary N) is 3. The van der Waals surface area contributed by atoms with Gasteiger partial charge in [-0.2, -0.15) is 18.3 Å². The molecule has 4 aliphatic rings. The van der Waals surface area contributed by atoms with Gasteiger partial charge >= 0.3 is 12.3 Å². The second-order valence-corrected chi connectivity index (χ2v) is 9.74. The summed E-state index contributed by atoms with van der Waals surface area (Å²) in [4.78, 5) is 24.8. The Morgan fingerprint density at radius 1 is 1.33 bits per heavy atom. The molecule has 3 saturated carbocycles. The van der Waals surface area contributed by atoms with Gasteiger partial charge in [0, 0.05) is 43.2 Å². The zero-order chi connectivity index (χ0) is 25.7. The fourth-order valence-corrected chi connectivity index (χ4v) is 5.22. The monoisotopic (exact) mass is 514 g/mol. The van der Waals surface area contributed by atoms with Crippen molar-refractivity contribution in [1.82, 2.24) is 25.3 Å². The van der Waals surface area contributed by atoms with E-state index in [9.17, 15) is 27.9 Å². The van der Waals surface area contributed by atoms with Crippen molar-refractivity contribution in [2.75, 3.05) is 25.1 Å². The van der Waals surface area contributed by atoms with Crippen LogP contribution in [0.2, 0.25) is 0 Å². The van der Waals surface area contributed by atoms with Crippen molar-refractivity contribution >= 4 is 17.8 Å².